The van der Waals surface area contributed by atoms with Gasteiger partial charge in [0.05, 0.1) is 18.6 Å². The fourth-order valence-corrected chi connectivity index (χ4v) is 1.74. The first-order chi connectivity index (χ1) is 8.61. The monoisotopic (exact) mass is 253 g/mol. The van der Waals surface area contributed by atoms with Crippen molar-refractivity contribution >= 4 is 11.9 Å². The van der Waals surface area contributed by atoms with Gasteiger partial charge in [-0.1, -0.05) is 0 Å². The molecule has 1 fully saturated rings. The van der Waals surface area contributed by atoms with E-state index in [1.807, 2.05) is 6.92 Å². The number of hydrogen-bond donors (Lipinski definition) is 2. The van der Waals surface area contributed by atoms with E-state index in [2.05, 4.69) is 5.32 Å². The predicted octanol–water partition coefficient (Wildman–Crippen LogP) is 1.02. The number of amides is 1. The van der Waals surface area contributed by atoms with Crippen molar-refractivity contribution < 1.29 is 23.8 Å². The molecule has 6 nitrogen and oxygen atoms in total. The fraction of sp³-hybridized carbons (Fsp3) is 0.500. The number of furan rings is 1. The highest BCUT2D eigenvalue weighted by Gasteiger charge is 2.43. The van der Waals surface area contributed by atoms with Crippen LogP contribution in [0.25, 0.3) is 0 Å². The van der Waals surface area contributed by atoms with Crippen molar-refractivity contribution in [2.45, 2.75) is 26.0 Å². The molecule has 0 saturated heterocycles. The van der Waals surface area contributed by atoms with E-state index in [0.29, 0.717) is 12.4 Å². The van der Waals surface area contributed by atoms with Gasteiger partial charge >= 0.3 is 5.97 Å². The summed E-state index contributed by atoms with van der Waals surface area (Å²) in [7, 11) is 0. The topological polar surface area (TPSA) is 88.8 Å². The van der Waals surface area contributed by atoms with E-state index in [9.17, 15) is 9.59 Å². The van der Waals surface area contributed by atoms with Crippen LogP contribution in [0.1, 0.15) is 29.7 Å². The molecule has 1 saturated carbocycles. The molecule has 0 aromatic carbocycles. The maximum Gasteiger partial charge on any atom is 0.371 e. The minimum atomic E-state index is -1.12. The van der Waals surface area contributed by atoms with Crippen LogP contribution in [0.15, 0.2) is 16.5 Å². The lowest BCUT2D eigenvalue weighted by Crippen LogP contribution is -2.25. The molecule has 0 spiro atoms. The quantitative estimate of drug-likeness (QED) is 0.790. The molecule has 98 valence electrons. The number of carbonyl (C=O) groups is 2. The first-order valence-corrected chi connectivity index (χ1v) is 5.83. The van der Waals surface area contributed by atoms with Gasteiger partial charge in [0.25, 0.3) is 0 Å². The average Bonchev–Trinajstić information content (AvgIpc) is 2.93. The highest BCUT2D eigenvalue weighted by molar-refractivity contribution is 5.84. The molecule has 1 heterocycles. The van der Waals surface area contributed by atoms with Crippen LogP contribution in [-0.4, -0.2) is 29.7 Å². The molecule has 1 amide bonds. The number of nitrogens with one attached hydrogen (secondary N) is 1. The lowest BCUT2D eigenvalue weighted by atomic mass is 10.3. The molecule has 0 unspecified atom stereocenters. The van der Waals surface area contributed by atoms with Crippen LogP contribution in [0.5, 0.6) is 0 Å². The number of carbonyl (C=O) groups excluding carboxylic acids is 1. The second-order valence-electron chi connectivity index (χ2n) is 4.12. The van der Waals surface area contributed by atoms with Crippen molar-refractivity contribution in [1.29, 1.82) is 0 Å². The molecule has 0 aliphatic heterocycles. The average molecular weight is 253 g/mol. The van der Waals surface area contributed by atoms with Crippen LogP contribution in [0, 0.1) is 5.92 Å². The Morgan fingerprint density at radius 2 is 2.33 bits per heavy atom. The van der Waals surface area contributed by atoms with Gasteiger partial charge in [0.15, 0.2) is 0 Å². The maximum absolute atomic E-state index is 11.7. The first-order valence-electron chi connectivity index (χ1n) is 5.83. The van der Waals surface area contributed by atoms with E-state index in [0.717, 1.165) is 6.42 Å². The summed E-state index contributed by atoms with van der Waals surface area (Å²) < 4.78 is 10.3. The molecule has 1 aliphatic rings. The van der Waals surface area contributed by atoms with Gasteiger partial charge in [0.1, 0.15) is 5.76 Å². The molecule has 2 rings (SSSR count). The van der Waals surface area contributed by atoms with Gasteiger partial charge in [-0.25, -0.2) is 4.79 Å². The van der Waals surface area contributed by atoms with Crippen molar-refractivity contribution in [2.75, 3.05) is 6.61 Å². The maximum atomic E-state index is 11.7. The molecule has 2 N–H and O–H groups in total. The van der Waals surface area contributed by atoms with Crippen molar-refractivity contribution in [3.8, 4) is 0 Å². The fourth-order valence-electron chi connectivity index (χ4n) is 1.74. The van der Waals surface area contributed by atoms with Gasteiger partial charge in [-0.2, -0.15) is 0 Å². The van der Waals surface area contributed by atoms with Crippen LogP contribution in [-0.2, 0) is 16.1 Å². The zero-order valence-electron chi connectivity index (χ0n) is 10.0. The van der Waals surface area contributed by atoms with Crippen molar-refractivity contribution in [1.82, 2.24) is 5.32 Å². The Morgan fingerprint density at radius 3 is 2.94 bits per heavy atom. The van der Waals surface area contributed by atoms with Gasteiger partial charge in [0.2, 0.25) is 11.7 Å². The van der Waals surface area contributed by atoms with Gasteiger partial charge in [-0.05, 0) is 25.5 Å². The van der Waals surface area contributed by atoms with E-state index in [-0.39, 0.29) is 30.2 Å². The molecular weight excluding hydrogens is 238 g/mol. The Morgan fingerprint density at radius 1 is 1.56 bits per heavy atom. The number of carboxylic acid groups (broad SMARTS) is 1. The smallest absolute Gasteiger partial charge is 0.371 e. The van der Waals surface area contributed by atoms with E-state index < -0.39 is 5.97 Å². The zero-order valence-corrected chi connectivity index (χ0v) is 10.0. The second-order valence-corrected chi connectivity index (χ2v) is 4.12. The minimum absolute atomic E-state index is 0.0289. The Bertz CT molecular complexity index is 453. The molecule has 0 radical (unpaired) electrons. The summed E-state index contributed by atoms with van der Waals surface area (Å²) >= 11 is 0. The Kier molecular flexibility index (Phi) is 3.66. The third-order valence-electron chi connectivity index (χ3n) is 2.76. The number of aromatic carboxylic acids is 1. The largest absolute Gasteiger partial charge is 0.475 e. The summed E-state index contributed by atoms with van der Waals surface area (Å²) in [5, 5.41) is 11.4. The van der Waals surface area contributed by atoms with Crippen LogP contribution < -0.4 is 5.32 Å². The number of rotatable bonds is 6. The van der Waals surface area contributed by atoms with Gasteiger partial charge < -0.3 is 19.6 Å². The number of hydrogen-bond acceptors (Lipinski definition) is 4. The second kappa shape index (κ2) is 5.22. The molecule has 6 heteroatoms. The highest BCUT2D eigenvalue weighted by Crippen LogP contribution is 2.33. The normalized spacial score (nSPS) is 21.6. The molecule has 1 aromatic heterocycles. The minimum Gasteiger partial charge on any atom is -0.475 e. The summed E-state index contributed by atoms with van der Waals surface area (Å²) in [5.74, 6) is -0.987. The Labute approximate surface area is 104 Å². The van der Waals surface area contributed by atoms with Gasteiger partial charge in [-0.3, -0.25) is 4.79 Å². The SMILES string of the molecule is CCO[C@H]1C[C@H]1C(=O)NCc1ccc(C(=O)O)o1. The van der Waals surface area contributed by atoms with E-state index in [1.165, 1.54) is 12.1 Å². The molecule has 2 atom stereocenters. The zero-order chi connectivity index (χ0) is 13.1. The van der Waals surface area contributed by atoms with Crippen LogP contribution in [0.3, 0.4) is 0 Å². The van der Waals surface area contributed by atoms with E-state index >= 15 is 0 Å². The van der Waals surface area contributed by atoms with Gasteiger partial charge in [-0.15, -0.1) is 0 Å². The standard InChI is InChI=1S/C12H15NO5/c1-2-17-10-5-8(10)11(14)13-6-7-3-4-9(18-7)12(15)16/h3-4,8,10H,2,5-6H2,1H3,(H,13,14)(H,15,16)/t8-,10+/m1/s1. The van der Waals surface area contributed by atoms with E-state index in [4.69, 9.17) is 14.3 Å². The van der Waals surface area contributed by atoms with Crippen LogP contribution >= 0.6 is 0 Å². The molecular formula is C12H15NO5. The summed E-state index contributed by atoms with van der Waals surface area (Å²) in [5.41, 5.74) is 0. The van der Waals surface area contributed by atoms with Crippen LogP contribution in [0.4, 0.5) is 0 Å². The summed E-state index contributed by atoms with van der Waals surface area (Å²) in [6, 6.07) is 2.90. The molecule has 1 aromatic rings. The highest BCUT2D eigenvalue weighted by atomic mass is 16.5. The predicted molar refractivity (Wildman–Crippen MR) is 61.0 cm³/mol. The Hall–Kier alpha value is -1.82. The lowest BCUT2D eigenvalue weighted by molar-refractivity contribution is -0.123. The van der Waals surface area contributed by atoms with Crippen molar-refractivity contribution in [3.63, 3.8) is 0 Å². The molecule has 0 bridgehead atoms. The summed E-state index contributed by atoms with van der Waals surface area (Å²) in [6.45, 7) is 2.69. The third kappa shape index (κ3) is 2.89. The third-order valence-corrected chi connectivity index (χ3v) is 2.76. The van der Waals surface area contributed by atoms with Crippen molar-refractivity contribution in [3.05, 3.63) is 23.7 Å². The first kappa shape index (κ1) is 12.6. The van der Waals surface area contributed by atoms with E-state index in [1.54, 1.807) is 0 Å². The molecule has 1 aliphatic carbocycles. The van der Waals surface area contributed by atoms with Crippen molar-refractivity contribution in [2.24, 2.45) is 5.92 Å². The Balaban J connectivity index is 1.77. The van der Waals surface area contributed by atoms with Gasteiger partial charge in [0, 0.05) is 6.61 Å². The lowest BCUT2D eigenvalue weighted by Gasteiger charge is -2.02. The van der Waals surface area contributed by atoms with Crippen LogP contribution in [0.2, 0.25) is 0 Å². The number of carboxylic acids is 1. The summed E-state index contributed by atoms with van der Waals surface area (Å²) in [4.78, 5) is 22.2. The summed E-state index contributed by atoms with van der Waals surface area (Å²) in [6.07, 6.45) is 0.777. The molecule has 18 heavy (non-hydrogen) atoms. The number of ether oxygens (including phenoxy) is 1.